The van der Waals surface area contributed by atoms with Crippen LogP contribution in [0.1, 0.15) is 32.1 Å². The lowest BCUT2D eigenvalue weighted by atomic mass is 9.65. The summed E-state index contributed by atoms with van der Waals surface area (Å²) in [7, 11) is -3.81. The van der Waals surface area contributed by atoms with E-state index in [1.54, 1.807) is 10.4 Å². The third kappa shape index (κ3) is 1.99. The summed E-state index contributed by atoms with van der Waals surface area (Å²) in [6.45, 7) is 0. The Hall–Kier alpha value is -1.47. The zero-order chi connectivity index (χ0) is 15.5. The van der Waals surface area contributed by atoms with Crippen molar-refractivity contribution >= 4 is 15.7 Å². The predicted octanol–water partition coefficient (Wildman–Crippen LogP) is 2.55. The predicted molar refractivity (Wildman–Crippen MR) is 79.8 cm³/mol. The molecule has 0 N–H and O–H groups in total. The van der Waals surface area contributed by atoms with Gasteiger partial charge in [-0.1, -0.05) is 12.1 Å². The van der Waals surface area contributed by atoms with Gasteiger partial charge < -0.3 is 0 Å². The SMILES string of the molecule is O=[N+]([O-])c1ccccc1S(=O)(=O)N1C2CC3CC(C2)CC1C3. The first-order valence-corrected chi connectivity index (χ1v) is 9.18. The maximum absolute atomic E-state index is 13.1. The van der Waals surface area contributed by atoms with Crippen LogP contribution in [0.5, 0.6) is 0 Å². The van der Waals surface area contributed by atoms with E-state index in [1.807, 2.05) is 0 Å². The van der Waals surface area contributed by atoms with Crippen molar-refractivity contribution in [2.75, 3.05) is 0 Å². The highest BCUT2D eigenvalue weighted by molar-refractivity contribution is 7.89. The van der Waals surface area contributed by atoms with Crippen LogP contribution in [0, 0.1) is 22.0 Å². The lowest BCUT2D eigenvalue weighted by molar-refractivity contribution is -0.387. The Morgan fingerprint density at radius 3 is 2.09 bits per heavy atom. The first-order valence-electron chi connectivity index (χ1n) is 7.74. The second kappa shape index (κ2) is 4.76. The van der Waals surface area contributed by atoms with Crippen LogP contribution in [0.4, 0.5) is 5.69 Å². The fourth-order valence-corrected chi connectivity index (χ4v) is 6.84. The Balaban J connectivity index is 1.77. The monoisotopic (exact) mass is 322 g/mol. The molecule has 0 aromatic heterocycles. The first-order chi connectivity index (χ1) is 10.5. The summed E-state index contributed by atoms with van der Waals surface area (Å²) in [4.78, 5) is 10.4. The minimum atomic E-state index is -3.81. The van der Waals surface area contributed by atoms with Crippen LogP contribution in [-0.2, 0) is 10.0 Å². The third-order valence-corrected chi connectivity index (χ3v) is 7.48. The quantitative estimate of drug-likeness (QED) is 0.632. The van der Waals surface area contributed by atoms with E-state index in [4.69, 9.17) is 0 Å². The molecule has 118 valence electrons. The second-order valence-electron chi connectivity index (χ2n) is 6.78. The fourth-order valence-electron chi connectivity index (χ4n) is 4.83. The van der Waals surface area contributed by atoms with Crippen LogP contribution in [0.15, 0.2) is 29.2 Å². The van der Waals surface area contributed by atoms with E-state index in [0.717, 1.165) is 25.7 Å². The molecule has 22 heavy (non-hydrogen) atoms. The van der Waals surface area contributed by atoms with Gasteiger partial charge >= 0.3 is 0 Å². The first kappa shape index (κ1) is 14.1. The number of nitro groups is 1. The summed E-state index contributed by atoms with van der Waals surface area (Å²) in [5.41, 5.74) is -0.323. The summed E-state index contributed by atoms with van der Waals surface area (Å²) in [6.07, 6.45) is 4.87. The Bertz CT molecular complexity index is 703. The van der Waals surface area contributed by atoms with Crippen LogP contribution in [0.3, 0.4) is 0 Å². The molecule has 5 rings (SSSR count). The molecule has 4 aliphatic rings. The van der Waals surface area contributed by atoms with Gasteiger partial charge in [0.1, 0.15) is 0 Å². The number of nitrogens with zero attached hydrogens (tertiary/aromatic N) is 2. The molecule has 7 heteroatoms. The van der Waals surface area contributed by atoms with Crippen molar-refractivity contribution in [3.8, 4) is 0 Å². The smallest absolute Gasteiger partial charge is 0.258 e. The van der Waals surface area contributed by atoms with Gasteiger partial charge in [0, 0.05) is 18.2 Å². The van der Waals surface area contributed by atoms with Gasteiger partial charge in [-0.05, 0) is 50.0 Å². The van der Waals surface area contributed by atoms with Crippen LogP contribution < -0.4 is 0 Å². The second-order valence-corrected chi connectivity index (χ2v) is 8.59. The van der Waals surface area contributed by atoms with Gasteiger partial charge in [-0.3, -0.25) is 10.1 Å². The zero-order valence-electron chi connectivity index (χ0n) is 12.1. The van der Waals surface area contributed by atoms with Crippen molar-refractivity contribution in [2.45, 2.75) is 49.1 Å². The Labute approximate surface area is 129 Å². The highest BCUT2D eigenvalue weighted by Crippen LogP contribution is 2.51. The Morgan fingerprint density at radius 2 is 1.55 bits per heavy atom. The van der Waals surface area contributed by atoms with E-state index in [-0.39, 0.29) is 22.7 Å². The van der Waals surface area contributed by atoms with Gasteiger partial charge in [-0.15, -0.1) is 0 Å². The van der Waals surface area contributed by atoms with Gasteiger partial charge in [0.25, 0.3) is 5.69 Å². The van der Waals surface area contributed by atoms with Crippen molar-refractivity contribution in [3.05, 3.63) is 34.4 Å². The number of para-hydroxylation sites is 1. The topological polar surface area (TPSA) is 80.5 Å². The number of piperidine rings is 2. The zero-order valence-corrected chi connectivity index (χ0v) is 12.9. The number of hydrogen-bond donors (Lipinski definition) is 0. The lowest BCUT2D eigenvalue weighted by Crippen LogP contribution is -2.59. The maximum atomic E-state index is 13.1. The highest BCUT2D eigenvalue weighted by Gasteiger charge is 2.52. The van der Waals surface area contributed by atoms with E-state index < -0.39 is 14.9 Å². The Kier molecular flexibility index (Phi) is 3.06. The highest BCUT2D eigenvalue weighted by atomic mass is 32.2. The molecule has 0 atom stereocenters. The minimum absolute atomic E-state index is 0.0288. The largest absolute Gasteiger partial charge is 0.289 e. The van der Waals surface area contributed by atoms with Gasteiger partial charge in [-0.25, -0.2) is 8.42 Å². The molecule has 2 heterocycles. The van der Waals surface area contributed by atoms with Gasteiger partial charge in [0.05, 0.1) is 4.92 Å². The molecule has 0 unspecified atom stereocenters. The molecular formula is C15H18N2O4S. The van der Waals surface area contributed by atoms with Crippen molar-refractivity contribution in [2.24, 2.45) is 11.8 Å². The normalized spacial score (nSPS) is 34.0. The van der Waals surface area contributed by atoms with E-state index in [9.17, 15) is 18.5 Å². The summed E-state index contributed by atoms with van der Waals surface area (Å²) < 4.78 is 27.7. The van der Waals surface area contributed by atoms with Crippen molar-refractivity contribution in [3.63, 3.8) is 0 Å². The van der Waals surface area contributed by atoms with Crippen LogP contribution in [-0.4, -0.2) is 29.7 Å². The number of nitro benzene ring substituents is 1. The van der Waals surface area contributed by atoms with Crippen LogP contribution in [0.25, 0.3) is 0 Å². The van der Waals surface area contributed by atoms with Crippen LogP contribution in [0.2, 0.25) is 0 Å². The van der Waals surface area contributed by atoms with Gasteiger partial charge in [0.2, 0.25) is 10.0 Å². The Morgan fingerprint density at radius 1 is 1.00 bits per heavy atom. The van der Waals surface area contributed by atoms with E-state index in [1.165, 1.54) is 24.6 Å². The molecule has 0 amide bonds. The molecule has 4 fully saturated rings. The molecule has 6 nitrogen and oxygen atoms in total. The summed E-state index contributed by atoms with van der Waals surface area (Å²) >= 11 is 0. The number of benzene rings is 1. The van der Waals surface area contributed by atoms with E-state index in [2.05, 4.69) is 0 Å². The average molecular weight is 322 g/mol. The van der Waals surface area contributed by atoms with E-state index >= 15 is 0 Å². The molecule has 2 aliphatic carbocycles. The fraction of sp³-hybridized carbons (Fsp3) is 0.600. The standard InChI is InChI=1S/C15H18N2O4S/c18-17(19)14-3-1-2-4-15(14)22(20,21)16-12-6-10-5-11(8-12)9-13(16)7-10/h1-4,10-13H,5-9H2. The summed E-state index contributed by atoms with van der Waals surface area (Å²) in [5.74, 6) is 1.28. The lowest BCUT2D eigenvalue weighted by Gasteiger charge is -2.55. The molecule has 2 saturated heterocycles. The molecular weight excluding hydrogens is 304 g/mol. The van der Waals surface area contributed by atoms with Crippen molar-refractivity contribution in [1.29, 1.82) is 0 Å². The van der Waals surface area contributed by atoms with Gasteiger partial charge in [-0.2, -0.15) is 4.31 Å². The molecule has 4 bridgehead atoms. The molecule has 1 aromatic carbocycles. The minimum Gasteiger partial charge on any atom is -0.258 e. The third-order valence-electron chi connectivity index (χ3n) is 5.43. The van der Waals surface area contributed by atoms with E-state index in [0.29, 0.717) is 11.8 Å². The molecule has 2 aliphatic heterocycles. The van der Waals surface area contributed by atoms with Crippen molar-refractivity contribution < 1.29 is 13.3 Å². The molecule has 0 radical (unpaired) electrons. The van der Waals surface area contributed by atoms with Crippen molar-refractivity contribution in [1.82, 2.24) is 4.31 Å². The molecule has 2 saturated carbocycles. The molecule has 0 spiro atoms. The average Bonchev–Trinajstić information content (AvgIpc) is 2.45. The number of hydrogen-bond acceptors (Lipinski definition) is 4. The number of rotatable bonds is 3. The summed E-state index contributed by atoms with van der Waals surface area (Å²) in [5, 5.41) is 11.2. The number of sulfonamides is 1. The summed E-state index contributed by atoms with van der Waals surface area (Å²) in [6, 6.07) is 5.74. The molecule has 1 aromatic rings. The van der Waals surface area contributed by atoms with Gasteiger partial charge in [0.15, 0.2) is 4.90 Å². The maximum Gasteiger partial charge on any atom is 0.289 e. The van der Waals surface area contributed by atoms with Crippen LogP contribution >= 0.6 is 0 Å².